The molecule has 3 N–H and O–H groups in total. The van der Waals surface area contributed by atoms with E-state index in [2.05, 4.69) is 10.6 Å². The van der Waals surface area contributed by atoms with Crippen LogP contribution < -0.4 is 10.6 Å². The molecule has 1 amide bonds. The summed E-state index contributed by atoms with van der Waals surface area (Å²) in [5.41, 5.74) is -0.465. The van der Waals surface area contributed by atoms with Crippen LogP contribution in [0.1, 0.15) is 46.5 Å². The summed E-state index contributed by atoms with van der Waals surface area (Å²) in [7, 11) is 0. The SMILES string of the molecule is CC(C)(C)OC(=O)NC1CCC(NC(O)CCl)CC1. The summed E-state index contributed by atoms with van der Waals surface area (Å²) in [6, 6.07) is 0.423. The number of hydrogen-bond donors (Lipinski definition) is 3. The smallest absolute Gasteiger partial charge is 0.407 e. The van der Waals surface area contributed by atoms with Gasteiger partial charge in [-0.05, 0) is 46.5 Å². The van der Waals surface area contributed by atoms with Gasteiger partial charge in [-0.15, -0.1) is 11.6 Å². The molecule has 1 aliphatic rings. The van der Waals surface area contributed by atoms with E-state index in [9.17, 15) is 9.90 Å². The second-order valence-electron chi connectivity index (χ2n) is 6.03. The lowest BCUT2D eigenvalue weighted by molar-refractivity contribution is 0.0484. The van der Waals surface area contributed by atoms with Gasteiger partial charge in [0.1, 0.15) is 11.8 Å². The zero-order valence-corrected chi connectivity index (χ0v) is 12.7. The molecule has 6 heteroatoms. The highest BCUT2D eigenvalue weighted by atomic mass is 35.5. The van der Waals surface area contributed by atoms with Crippen molar-refractivity contribution in [2.45, 2.75) is 70.4 Å². The second kappa shape index (κ2) is 7.31. The Morgan fingerprint density at radius 3 is 2.32 bits per heavy atom. The third-order valence-electron chi connectivity index (χ3n) is 3.02. The standard InChI is InChI=1S/C13H25ClN2O3/c1-13(2,3)19-12(18)16-10-6-4-9(5-7-10)15-11(17)8-14/h9-11,15,17H,4-8H2,1-3H3,(H,16,18). The minimum atomic E-state index is -0.651. The lowest BCUT2D eigenvalue weighted by Crippen LogP contribution is -2.46. The van der Waals surface area contributed by atoms with Gasteiger partial charge in [-0.3, -0.25) is 5.32 Å². The molecule has 0 radical (unpaired) electrons. The maximum atomic E-state index is 11.6. The average Bonchev–Trinajstić information content (AvgIpc) is 2.29. The minimum absolute atomic E-state index is 0.154. The second-order valence-corrected chi connectivity index (χ2v) is 6.34. The molecule has 5 nitrogen and oxygen atoms in total. The number of alkyl carbamates (subject to hydrolysis) is 1. The van der Waals surface area contributed by atoms with Crippen LogP contribution in [0, 0.1) is 0 Å². The zero-order valence-electron chi connectivity index (χ0n) is 11.9. The highest BCUT2D eigenvalue weighted by Gasteiger charge is 2.25. The molecule has 1 fully saturated rings. The fourth-order valence-electron chi connectivity index (χ4n) is 2.20. The van der Waals surface area contributed by atoms with Crippen LogP contribution in [0.4, 0.5) is 4.79 Å². The van der Waals surface area contributed by atoms with Crippen molar-refractivity contribution < 1.29 is 14.6 Å². The van der Waals surface area contributed by atoms with E-state index in [1.807, 2.05) is 20.8 Å². The maximum Gasteiger partial charge on any atom is 0.407 e. The van der Waals surface area contributed by atoms with Crippen molar-refractivity contribution in [2.75, 3.05) is 5.88 Å². The predicted molar refractivity (Wildman–Crippen MR) is 75.3 cm³/mol. The molecule has 0 spiro atoms. The van der Waals surface area contributed by atoms with E-state index in [0.29, 0.717) is 0 Å². The van der Waals surface area contributed by atoms with Crippen LogP contribution in [-0.2, 0) is 4.74 Å². The number of carbonyl (C=O) groups is 1. The Kier molecular flexibility index (Phi) is 6.36. The molecule has 0 bridgehead atoms. The first-order chi connectivity index (χ1) is 8.80. The fraction of sp³-hybridized carbons (Fsp3) is 0.923. The monoisotopic (exact) mass is 292 g/mol. The third kappa shape index (κ3) is 6.99. The van der Waals surface area contributed by atoms with Gasteiger partial charge in [-0.2, -0.15) is 0 Å². The normalized spacial score (nSPS) is 25.7. The van der Waals surface area contributed by atoms with E-state index >= 15 is 0 Å². The Labute approximate surface area is 120 Å². The van der Waals surface area contributed by atoms with Gasteiger partial charge in [0.2, 0.25) is 0 Å². The first-order valence-corrected chi connectivity index (χ1v) is 7.33. The number of aliphatic hydroxyl groups is 1. The number of halogens is 1. The summed E-state index contributed by atoms with van der Waals surface area (Å²) >= 11 is 5.54. The summed E-state index contributed by atoms with van der Waals surface area (Å²) in [5, 5.41) is 15.4. The van der Waals surface area contributed by atoms with Crippen LogP contribution in [0.5, 0.6) is 0 Å². The summed E-state index contributed by atoms with van der Waals surface area (Å²) in [6.45, 7) is 5.54. The van der Waals surface area contributed by atoms with Crippen molar-refractivity contribution in [2.24, 2.45) is 0 Å². The number of aliphatic hydroxyl groups excluding tert-OH is 1. The van der Waals surface area contributed by atoms with Crippen LogP contribution in [0.2, 0.25) is 0 Å². The quantitative estimate of drug-likeness (QED) is 0.547. The van der Waals surface area contributed by atoms with Gasteiger partial charge < -0.3 is 15.2 Å². The van der Waals surface area contributed by atoms with Gasteiger partial charge in [0.25, 0.3) is 0 Å². The molecular weight excluding hydrogens is 268 g/mol. The zero-order chi connectivity index (χ0) is 14.5. The highest BCUT2D eigenvalue weighted by Crippen LogP contribution is 2.19. The Hall–Kier alpha value is -0.520. The lowest BCUT2D eigenvalue weighted by atomic mass is 9.91. The van der Waals surface area contributed by atoms with Crippen molar-refractivity contribution >= 4 is 17.7 Å². The van der Waals surface area contributed by atoms with Crippen molar-refractivity contribution in [3.63, 3.8) is 0 Å². The van der Waals surface area contributed by atoms with Gasteiger partial charge in [-0.25, -0.2) is 4.79 Å². The number of nitrogens with one attached hydrogen (secondary N) is 2. The Morgan fingerprint density at radius 2 is 1.84 bits per heavy atom. The minimum Gasteiger partial charge on any atom is -0.444 e. The molecule has 112 valence electrons. The van der Waals surface area contributed by atoms with Crippen molar-refractivity contribution in [1.29, 1.82) is 0 Å². The summed E-state index contributed by atoms with van der Waals surface area (Å²) in [5.74, 6) is 0.191. The van der Waals surface area contributed by atoms with E-state index in [1.54, 1.807) is 0 Å². The molecule has 1 aliphatic carbocycles. The molecular formula is C13H25ClN2O3. The molecule has 0 aromatic heterocycles. The fourth-order valence-corrected chi connectivity index (χ4v) is 2.28. The number of rotatable bonds is 4. The first kappa shape index (κ1) is 16.5. The molecule has 0 aliphatic heterocycles. The van der Waals surface area contributed by atoms with E-state index in [0.717, 1.165) is 25.7 Å². The summed E-state index contributed by atoms with van der Waals surface area (Å²) < 4.78 is 5.23. The lowest BCUT2D eigenvalue weighted by Gasteiger charge is -2.31. The number of ether oxygens (including phenoxy) is 1. The molecule has 19 heavy (non-hydrogen) atoms. The predicted octanol–water partition coefficient (Wildman–Crippen LogP) is 1.97. The molecule has 0 heterocycles. The van der Waals surface area contributed by atoms with Gasteiger partial charge in [-0.1, -0.05) is 0 Å². The van der Waals surface area contributed by atoms with E-state index in [1.165, 1.54) is 0 Å². The number of hydrogen-bond acceptors (Lipinski definition) is 4. The third-order valence-corrected chi connectivity index (χ3v) is 3.31. The highest BCUT2D eigenvalue weighted by molar-refractivity contribution is 6.18. The van der Waals surface area contributed by atoms with Gasteiger partial charge in [0.15, 0.2) is 0 Å². The topological polar surface area (TPSA) is 70.6 Å². The molecule has 1 saturated carbocycles. The van der Waals surface area contributed by atoms with Gasteiger partial charge in [0, 0.05) is 12.1 Å². The molecule has 0 saturated heterocycles. The van der Waals surface area contributed by atoms with Gasteiger partial charge in [0.05, 0.1) is 5.88 Å². The van der Waals surface area contributed by atoms with Crippen molar-refractivity contribution in [3.8, 4) is 0 Å². The average molecular weight is 293 g/mol. The van der Waals surface area contributed by atoms with E-state index < -0.39 is 11.8 Å². The molecule has 1 rings (SSSR count). The summed E-state index contributed by atoms with van der Waals surface area (Å²) in [6.07, 6.45) is 2.58. The Morgan fingerprint density at radius 1 is 1.32 bits per heavy atom. The van der Waals surface area contributed by atoms with Crippen LogP contribution in [0.25, 0.3) is 0 Å². The molecule has 0 aromatic rings. The number of amides is 1. The van der Waals surface area contributed by atoms with Crippen LogP contribution in [0.15, 0.2) is 0 Å². The number of alkyl halides is 1. The van der Waals surface area contributed by atoms with Gasteiger partial charge >= 0.3 is 6.09 Å². The maximum absolute atomic E-state index is 11.6. The Balaban J connectivity index is 2.25. The van der Waals surface area contributed by atoms with Crippen LogP contribution in [-0.4, -0.2) is 41.0 Å². The van der Waals surface area contributed by atoms with E-state index in [-0.39, 0.29) is 24.1 Å². The Bertz CT molecular complexity index is 286. The number of carbonyl (C=O) groups excluding carboxylic acids is 1. The first-order valence-electron chi connectivity index (χ1n) is 6.80. The largest absolute Gasteiger partial charge is 0.444 e. The molecule has 0 aromatic carbocycles. The summed E-state index contributed by atoms with van der Waals surface area (Å²) in [4.78, 5) is 11.6. The van der Waals surface area contributed by atoms with Crippen molar-refractivity contribution in [3.05, 3.63) is 0 Å². The molecule has 1 atom stereocenters. The van der Waals surface area contributed by atoms with Crippen LogP contribution >= 0.6 is 11.6 Å². The van der Waals surface area contributed by atoms with Crippen LogP contribution in [0.3, 0.4) is 0 Å². The molecule has 1 unspecified atom stereocenters. The van der Waals surface area contributed by atoms with E-state index in [4.69, 9.17) is 16.3 Å². The van der Waals surface area contributed by atoms with Crippen molar-refractivity contribution in [1.82, 2.24) is 10.6 Å².